The Morgan fingerprint density at radius 3 is 2.92 bits per heavy atom. The van der Waals surface area contributed by atoms with Crippen molar-refractivity contribution in [3.63, 3.8) is 0 Å². The van der Waals surface area contributed by atoms with Crippen LogP contribution in [0.15, 0.2) is 50.9 Å². The van der Waals surface area contributed by atoms with Gasteiger partial charge < -0.3 is 10.3 Å². The third-order valence-corrected chi connectivity index (χ3v) is 6.32. The van der Waals surface area contributed by atoms with Crippen molar-refractivity contribution < 1.29 is 0 Å². The Morgan fingerprint density at radius 2 is 2.04 bits per heavy atom. The van der Waals surface area contributed by atoms with Crippen LogP contribution in [0, 0.1) is 0 Å². The van der Waals surface area contributed by atoms with E-state index in [9.17, 15) is 4.79 Å². The van der Waals surface area contributed by atoms with Crippen LogP contribution >= 0.6 is 34.4 Å². The average molecular weight is 388 g/mol. The first-order chi connectivity index (χ1) is 12.3. The van der Waals surface area contributed by atoms with Crippen LogP contribution < -0.4 is 10.9 Å². The molecule has 0 aliphatic rings. The summed E-state index contributed by atoms with van der Waals surface area (Å²) < 4.78 is 1.50. The van der Waals surface area contributed by atoms with Crippen LogP contribution in [0.1, 0.15) is 11.4 Å². The van der Waals surface area contributed by atoms with E-state index < -0.39 is 0 Å². The molecule has 0 amide bonds. The second-order valence-corrected chi connectivity index (χ2v) is 8.26. The highest BCUT2D eigenvalue weighted by atomic mass is 32.2. The Hall–Kier alpha value is -2.23. The number of aromatic amines is 1. The van der Waals surface area contributed by atoms with Crippen LogP contribution in [0.2, 0.25) is 0 Å². The largest absolute Gasteiger partial charge is 0.356 e. The predicted octanol–water partition coefficient (Wildman–Crippen LogP) is 3.74. The summed E-state index contributed by atoms with van der Waals surface area (Å²) >= 11 is 4.41. The molecule has 0 aliphatic heterocycles. The summed E-state index contributed by atoms with van der Waals surface area (Å²) in [5.41, 5.74) is 1.85. The highest BCUT2D eigenvalue weighted by Gasteiger charge is 2.08. The minimum absolute atomic E-state index is 0.0851. The molecule has 0 atom stereocenters. The van der Waals surface area contributed by atoms with Crippen LogP contribution in [0.4, 0.5) is 5.13 Å². The fourth-order valence-corrected chi connectivity index (χ4v) is 4.58. The van der Waals surface area contributed by atoms with Gasteiger partial charge in [-0.2, -0.15) is 0 Å². The zero-order valence-corrected chi connectivity index (χ0v) is 15.4. The van der Waals surface area contributed by atoms with Crippen molar-refractivity contribution in [1.29, 1.82) is 0 Å². The van der Waals surface area contributed by atoms with E-state index in [-0.39, 0.29) is 5.56 Å². The van der Waals surface area contributed by atoms with Gasteiger partial charge in [0.15, 0.2) is 4.34 Å². The maximum atomic E-state index is 12.0. The molecule has 0 radical (unpaired) electrons. The van der Waals surface area contributed by atoms with Gasteiger partial charge in [0.2, 0.25) is 5.13 Å². The number of nitrogens with zero attached hydrogens (tertiary/aromatic N) is 3. The van der Waals surface area contributed by atoms with Crippen LogP contribution in [-0.4, -0.2) is 20.2 Å². The third-order valence-electron chi connectivity index (χ3n) is 3.39. The van der Waals surface area contributed by atoms with Crippen molar-refractivity contribution in [2.45, 2.75) is 16.6 Å². The number of fused-ring (bicyclic) bond motifs is 1. The van der Waals surface area contributed by atoms with E-state index >= 15 is 0 Å². The molecule has 4 aromatic rings. The van der Waals surface area contributed by atoms with Crippen molar-refractivity contribution >= 4 is 49.8 Å². The maximum Gasteiger partial charge on any atom is 0.268 e. The monoisotopic (exact) mass is 387 g/mol. The van der Waals surface area contributed by atoms with Gasteiger partial charge in [0.25, 0.3) is 5.56 Å². The number of nitrogens with one attached hydrogen (secondary N) is 2. The summed E-state index contributed by atoms with van der Waals surface area (Å²) in [4.78, 5) is 19.3. The molecule has 3 heterocycles. The molecular formula is C16H13N5OS3. The molecule has 25 heavy (non-hydrogen) atoms. The third kappa shape index (κ3) is 3.89. The van der Waals surface area contributed by atoms with Crippen LogP contribution in [-0.2, 0) is 12.3 Å². The van der Waals surface area contributed by atoms with Crippen LogP contribution in [0.3, 0.4) is 0 Å². The number of hydrogen-bond acceptors (Lipinski definition) is 8. The smallest absolute Gasteiger partial charge is 0.268 e. The molecule has 0 saturated carbocycles. The lowest BCUT2D eigenvalue weighted by Crippen LogP contribution is -2.09. The maximum absolute atomic E-state index is 12.0. The predicted molar refractivity (Wildman–Crippen MR) is 103 cm³/mol. The Kier molecular flexibility index (Phi) is 4.77. The molecule has 3 aromatic heterocycles. The lowest BCUT2D eigenvalue weighted by atomic mass is 10.2. The van der Waals surface area contributed by atoms with Gasteiger partial charge in [0, 0.05) is 6.54 Å². The van der Waals surface area contributed by atoms with Gasteiger partial charge in [-0.25, -0.2) is 4.98 Å². The summed E-state index contributed by atoms with van der Waals surface area (Å²) in [5, 5.41) is 14.2. The molecule has 0 saturated heterocycles. The van der Waals surface area contributed by atoms with Gasteiger partial charge in [0.05, 0.1) is 11.3 Å². The normalized spacial score (nSPS) is 11.0. The zero-order valence-electron chi connectivity index (χ0n) is 12.9. The van der Waals surface area contributed by atoms with Crippen molar-refractivity contribution in [1.82, 2.24) is 20.2 Å². The van der Waals surface area contributed by atoms with E-state index in [2.05, 4.69) is 37.6 Å². The molecule has 4 rings (SSSR count). The molecule has 6 nitrogen and oxygen atoms in total. The Morgan fingerprint density at radius 1 is 1.16 bits per heavy atom. The first-order valence-electron chi connectivity index (χ1n) is 7.48. The number of H-pyrrole nitrogens is 1. The zero-order chi connectivity index (χ0) is 17.1. The van der Waals surface area contributed by atoms with Gasteiger partial charge in [0.1, 0.15) is 10.5 Å². The molecule has 9 heteroatoms. The quantitative estimate of drug-likeness (QED) is 0.490. The minimum Gasteiger partial charge on any atom is -0.356 e. The van der Waals surface area contributed by atoms with E-state index in [1.165, 1.54) is 40.0 Å². The van der Waals surface area contributed by atoms with Gasteiger partial charge in [-0.15, -0.1) is 21.5 Å². The lowest BCUT2D eigenvalue weighted by molar-refractivity contribution is 0.990. The Bertz CT molecular complexity index is 1040. The fraction of sp³-hybridized carbons (Fsp3) is 0.125. The standard InChI is InChI=1S/C16H13N5OS3/c22-14-13-11(6-7-23-13)18-12(19-14)9-24-16-21-20-15(25-16)17-8-10-4-2-1-3-5-10/h1-7H,8-9H2,(H,17,20)(H,18,19,22). The number of anilines is 1. The van der Waals surface area contributed by atoms with Gasteiger partial charge in [-0.1, -0.05) is 53.4 Å². The SMILES string of the molecule is O=c1[nH]c(CSc2nnc(NCc3ccccc3)s2)nc2ccsc12. The molecule has 126 valence electrons. The Balaban J connectivity index is 1.38. The van der Waals surface area contributed by atoms with E-state index in [0.717, 1.165) is 15.0 Å². The highest BCUT2D eigenvalue weighted by Crippen LogP contribution is 2.28. The first-order valence-corrected chi connectivity index (χ1v) is 10.2. The summed E-state index contributed by atoms with van der Waals surface area (Å²) in [6.45, 7) is 0.712. The molecule has 0 bridgehead atoms. The average Bonchev–Trinajstić information content (AvgIpc) is 3.28. The fourth-order valence-electron chi connectivity index (χ4n) is 2.23. The van der Waals surface area contributed by atoms with E-state index in [1.807, 2.05) is 29.6 Å². The van der Waals surface area contributed by atoms with Crippen molar-refractivity contribution in [3.8, 4) is 0 Å². The first kappa shape index (κ1) is 16.2. The molecule has 0 spiro atoms. The number of aromatic nitrogens is 4. The van der Waals surface area contributed by atoms with Crippen molar-refractivity contribution in [2.75, 3.05) is 5.32 Å². The van der Waals surface area contributed by atoms with Crippen LogP contribution in [0.25, 0.3) is 10.2 Å². The molecular weight excluding hydrogens is 374 g/mol. The number of rotatable bonds is 6. The molecule has 0 aliphatic carbocycles. The molecule has 0 unspecified atom stereocenters. The van der Waals surface area contributed by atoms with Gasteiger partial charge >= 0.3 is 0 Å². The Labute approximate surface area is 155 Å². The lowest BCUT2D eigenvalue weighted by Gasteiger charge is -2.01. The number of thiophene rings is 1. The van der Waals surface area contributed by atoms with E-state index in [4.69, 9.17) is 0 Å². The molecule has 2 N–H and O–H groups in total. The van der Waals surface area contributed by atoms with Crippen molar-refractivity contribution in [2.24, 2.45) is 0 Å². The number of hydrogen-bond donors (Lipinski definition) is 2. The second kappa shape index (κ2) is 7.34. The van der Waals surface area contributed by atoms with Gasteiger partial charge in [-0.05, 0) is 17.0 Å². The topological polar surface area (TPSA) is 83.6 Å². The van der Waals surface area contributed by atoms with E-state index in [0.29, 0.717) is 22.8 Å². The summed E-state index contributed by atoms with van der Waals surface area (Å²) in [6.07, 6.45) is 0. The van der Waals surface area contributed by atoms with Crippen molar-refractivity contribution in [3.05, 3.63) is 63.5 Å². The molecule has 0 fully saturated rings. The van der Waals surface area contributed by atoms with Crippen LogP contribution in [0.5, 0.6) is 0 Å². The minimum atomic E-state index is -0.0851. The molecule has 1 aromatic carbocycles. The number of thioether (sulfide) groups is 1. The highest BCUT2D eigenvalue weighted by molar-refractivity contribution is 8.00. The van der Waals surface area contributed by atoms with Gasteiger partial charge in [-0.3, -0.25) is 4.79 Å². The summed E-state index contributed by atoms with van der Waals surface area (Å²) in [7, 11) is 0. The van der Waals surface area contributed by atoms with E-state index in [1.54, 1.807) is 0 Å². The summed E-state index contributed by atoms with van der Waals surface area (Å²) in [5.74, 6) is 1.20. The summed E-state index contributed by atoms with van der Waals surface area (Å²) in [6, 6.07) is 12.0. The number of benzene rings is 1. The second-order valence-electron chi connectivity index (χ2n) is 5.15.